The van der Waals surface area contributed by atoms with Crippen LogP contribution < -0.4 is 5.32 Å². The lowest BCUT2D eigenvalue weighted by Crippen LogP contribution is -2.22. The first-order valence-corrected chi connectivity index (χ1v) is 6.48. The first-order valence-electron chi connectivity index (χ1n) is 6.48. The lowest BCUT2D eigenvalue weighted by molar-refractivity contribution is 0.433. The maximum absolute atomic E-state index is 3.60. The van der Waals surface area contributed by atoms with Gasteiger partial charge in [0.1, 0.15) is 0 Å². The van der Waals surface area contributed by atoms with E-state index in [4.69, 9.17) is 0 Å². The predicted molar refractivity (Wildman–Crippen MR) is 61.3 cm³/mol. The third-order valence-electron chi connectivity index (χ3n) is 3.94. The normalized spacial score (nSPS) is 32.8. The van der Waals surface area contributed by atoms with Gasteiger partial charge in [-0.2, -0.15) is 0 Å². The predicted octanol–water partition coefficient (Wildman–Crippen LogP) is 3.06. The molecule has 2 fully saturated rings. The van der Waals surface area contributed by atoms with Gasteiger partial charge < -0.3 is 5.32 Å². The maximum Gasteiger partial charge on any atom is -0.00175 e. The lowest BCUT2D eigenvalue weighted by atomic mass is 10.0. The fourth-order valence-corrected chi connectivity index (χ4v) is 3.03. The molecule has 0 aliphatic heterocycles. The average Bonchev–Trinajstić information content (AvgIpc) is 2.72. The summed E-state index contributed by atoms with van der Waals surface area (Å²) < 4.78 is 0. The van der Waals surface area contributed by atoms with Crippen molar-refractivity contribution in [2.75, 3.05) is 13.1 Å². The summed E-state index contributed by atoms with van der Waals surface area (Å²) in [6, 6.07) is 0. The molecular formula is C13H25N. The molecule has 2 aliphatic carbocycles. The van der Waals surface area contributed by atoms with Crippen molar-refractivity contribution in [1.29, 1.82) is 0 Å². The monoisotopic (exact) mass is 195 g/mol. The highest BCUT2D eigenvalue weighted by Gasteiger charge is 2.42. The van der Waals surface area contributed by atoms with Crippen LogP contribution in [0.2, 0.25) is 0 Å². The SMILES string of the molecule is CC(C)CNCC1CC1C1CCCC1. The minimum Gasteiger partial charge on any atom is -0.316 e. The zero-order chi connectivity index (χ0) is 9.97. The van der Waals surface area contributed by atoms with E-state index in [1.165, 1.54) is 45.2 Å². The van der Waals surface area contributed by atoms with Gasteiger partial charge in [-0.25, -0.2) is 0 Å². The Kier molecular flexibility index (Phi) is 3.48. The van der Waals surface area contributed by atoms with Gasteiger partial charge in [0.05, 0.1) is 0 Å². The summed E-state index contributed by atoms with van der Waals surface area (Å²) in [5, 5.41) is 3.60. The number of nitrogens with one attached hydrogen (secondary N) is 1. The van der Waals surface area contributed by atoms with Gasteiger partial charge in [-0.3, -0.25) is 0 Å². The fourth-order valence-electron chi connectivity index (χ4n) is 3.03. The van der Waals surface area contributed by atoms with Gasteiger partial charge in [-0.15, -0.1) is 0 Å². The summed E-state index contributed by atoms with van der Waals surface area (Å²) in [4.78, 5) is 0. The quantitative estimate of drug-likeness (QED) is 0.711. The van der Waals surface area contributed by atoms with Gasteiger partial charge in [0.2, 0.25) is 0 Å². The molecule has 0 heterocycles. The topological polar surface area (TPSA) is 12.0 Å². The molecule has 2 aliphatic rings. The fraction of sp³-hybridized carbons (Fsp3) is 1.00. The van der Waals surface area contributed by atoms with E-state index in [0.717, 1.165) is 23.7 Å². The molecule has 14 heavy (non-hydrogen) atoms. The van der Waals surface area contributed by atoms with Gasteiger partial charge in [-0.05, 0) is 43.2 Å². The van der Waals surface area contributed by atoms with Crippen LogP contribution in [0.4, 0.5) is 0 Å². The molecule has 0 aromatic heterocycles. The Labute approximate surface area is 88.7 Å². The molecule has 0 spiro atoms. The van der Waals surface area contributed by atoms with Crippen molar-refractivity contribution in [2.24, 2.45) is 23.7 Å². The summed E-state index contributed by atoms with van der Waals surface area (Å²) in [6.07, 6.45) is 7.60. The Balaban J connectivity index is 1.57. The van der Waals surface area contributed by atoms with Crippen molar-refractivity contribution in [3.05, 3.63) is 0 Å². The molecular weight excluding hydrogens is 170 g/mol. The van der Waals surface area contributed by atoms with Gasteiger partial charge >= 0.3 is 0 Å². The molecule has 0 radical (unpaired) electrons. The van der Waals surface area contributed by atoms with Crippen molar-refractivity contribution < 1.29 is 0 Å². The summed E-state index contributed by atoms with van der Waals surface area (Å²) in [5.74, 6) is 4.06. The molecule has 0 bridgehead atoms. The average molecular weight is 195 g/mol. The van der Waals surface area contributed by atoms with Crippen molar-refractivity contribution in [3.8, 4) is 0 Å². The van der Waals surface area contributed by atoms with E-state index in [1.54, 1.807) is 0 Å². The van der Waals surface area contributed by atoms with Crippen LogP contribution in [0, 0.1) is 23.7 Å². The highest BCUT2D eigenvalue weighted by atomic mass is 14.9. The molecule has 2 rings (SSSR count). The van der Waals surface area contributed by atoms with Crippen LogP contribution in [0.25, 0.3) is 0 Å². The van der Waals surface area contributed by atoms with Gasteiger partial charge in [0.25, 0.3) is 0 Å². The molecule has 2 atom stereocenters. The Morgan fingerprint density at radius 3 is 2.57 bits per heavy atom. The molecule has 0 saturated heterocycles. The molecule has 2 saturated carbocycles. The Bertz CT molecular complexity index is 170. The smallest absolute Gasteiger partial charge is 0.00175 e. The molecule has 1 heteroatoms. The van der Waals surface area contributed by atoms with E-state index in [2.05, 4.69) is 19.2 Å². The van der Waals surface area contributed by atoms with Crippen molar-refractivity contribution in [3.63, 3.8) is 0 Å². The van der Waals surface area contributed by atoms with E-state index < -0.39 is 0 Å². The van der Waals surface area contributed by atoms with Crippen LogP contribution >= 0.6 is 0 Å². The van der Waals surface area contributed by atoms with E-state index in [9.17, 15) is 0 Å². The summed E-state index contributed by atoms with van der Waals surface area (Å²) >= 11 is 0. The zero-order valence-corrected chi connectivity index (χ0v) is 9.76. The molecule has 0 aromatic carbocycles. The standard InChI is InChI=1S/C13H25N/c1-10(2)8-14-9-12-7-13(12)11-5-3-4-6-11/h10-14H,3-9H2,1-2H3. The van der Waals surface area contributed by atoms with Crippen molar-refractivity contribution in [2.45, 2.75) is 46.0 Å². The van der Waals surface area contributed by atoms with Gasteiger partial charge in [-0.1, -0.05) is 39.5 Å². The van der Waals surface area contributed by atoms with Crippen LogP contribution in [-0.4, -0.2) is 13.1 Å². The number of rotatable bonds is 5. The minimum absolute atomic E-state index is 0.804. The third-order valence-corrected chi connectivity index (χ3v) is 3.94. The molecule has 1 N–H and O–H groups in total. The first-order chi connectivity index (χ1) is 6.77. The highest BCUT2D eigenvalue weighted by Crippen LogP contribution is 2.49. The second-order valence-electron chi connectivity index (χ2n) is 5.76. The second-order valence-corrected chi connectivity index (χ2v) is 5.76. The van der Waals surface area contributed by atoms with Crippen LogP contribution in [0.15, 0.2) is 0 Å². The summed E-state index contributed by atoms with van der Waals surface area (Å²) in [7, 11) is 0. The van der Waals surface area contributed by atoms with Crippen molar-refractivity contribution >= 4 is 0 Å². The van der Waals surface area contributed by atoms with E-state index in [1.807, 2.05) is 0 Å². The van der Waals surface area contributed by atoms with Gasteiger partial charge in [0.15, 0.2) is 0 Å². The second kappa shape index (κ2) is 4.65. The molecule has 0 aromatic rings. The Hall–Kier alpha value is -0.0400. The first kappa shape index (κ1) is 10.5. The lowest BCUT2D eigenvalue weighted by Gasteiger charge is -2.09. The van der Waals surface area contributed by atoms with Crippen LogP contribution in [0.3, 0.4) is 0 Å². The number of hydrogen-bond donors (Lipinski definition) is 1. The van der Waals surface area contributed by atoms with E-state index in [-0.39, 0.29) is 0 Å². The van der Waals surface area contributed by atoms with Crippen molar-refractivity contribution in [1.82, 2.24) is 5.32 Å². The number of hydrogen-bond acceptors (Lipinski definition) is 1. The highest BCUT2D eigenvalue weighted by molar-refractivity contribution is 4.93. The Morgan fingerprint density at radius 2 is 1.93 bits per heavy atom. The third kappa shape index (κ3) is 2.73. The van der Waals surface area contributed by atoms with E-state index in [0.29, 0.717) is 0 Å². The summed E-state index contributed by atoms with van der Waals surface area (Å²) in [6.45, 7) is 7.07. The van der Waals surface area contributed by atoms with Crippen LogP contribution in [0.1, 0.15) is 46.0 Å². The molecule has 2 unspecified atom stereocenters. The maximum atomic E-state index is 3.60. The molecule has 0 amide bonds. The minimum atomic E-state index is 0.804. The van der Waals surface area contributed by atoms with Gasteiger partial charge in [0, 0.05) is 0 Å². The Morgan fingerprint density at radius 1 is 1.21 bits per heavy atom. The molecule has 1 nitrogen and oxygen atoms in total. The summed E-state index contributed by atoms with van der Waals surface area (Å²) in [5.41, 5.74) is 0. The zero-order valence-electron chi connectivity index (χ0n) is 9.76. The van der Waals surface area contributed by atoms with Crippen LogP contribution in [-0.2, 0) is 0 Å². The van der Waals surface area contributed by atoms with E-state index >= 15 is 0 Å². The molecule has 82 valence electrons. The van der Waals surface area contributed by atoms with Crippen LogP contribution in [0.5, 0.6) is 0 Å². The largest absolute Gasteiger partial charge is 0.316 e.